The summed E-state index contributed by atoms with van der Waals surface area (Å²) < 4.78 is 1.05. The molecule has 19 heavy (non-hydrogen) atoms. The molecule has 1 aliphatic carbocycles. The van der Waals surface area contributed by atoms with E-state index in [0.29, 0.717) is 12.6 Å². The maximum atomic E-state index is 12.4. The lowest BCUT2D eigenvalue weighted by molar-refractivity contribution is -0.134. The summed E-state index contributed by atoms with van der Waals surface area (Å²) in [4.78, 5) is 14.4. The van der Waals surface area contributed by atoms with Gasteiger partial charge >= 0.3 is 0 Å². The highest BCUT2D eigenvalue weighted by atomic mass is 79.9. The fourth-order valence-corrected chi connectivity index (χ4v) is 2.64. The van der Waals surface area contributed by atoms with Crippen molar-refractivity contribution in [3.05, 3.63) is 34.3 Å². The molecule has 2 N–H and O–H groups in total. The summed E-state index contributed by atoms with van der Waals surface area (Å²) in [6.45, 7) is 2.71. The van der Waals surface area contributed by atoms with Crippen LogP contribution in [-0.4, -0.2) is 22.9 Å². The van der Waals surface area contributed by atoms with Gasteiger partial charge in [0.15, 0.2) is 0 Å². The summed E-state index contributed by atoms with van der Waals surface area (Å²) >= 11 is 3.54. The molecular weight excluding hydrogens is 304 g/mol. The lowest BCUT2D eigenvalue weighted by Crippen LogP contribution is -2.44. The molecule has 0 aliphatic heterocycles. The molecule has 1 saturated carbocycles. The summed E-state index contributed by atoms with van der Waals surface area (Å²) in [5.41, 5.74) is 7.13. The monoisotopic (exact) mass is 324 g/mol. The topological polar surface area (TPSA) is 46.3 Å². The van der Waals surface area contributed by atoms with Crippen molar-refractivity contribution in [2.75, 3.05) is 0 Å². The number of carbonyl (C=O) groups excluding carboxylic acids is 1. The van der Waals surface area contributed by atoms with E-state index in [-0.39, 0.29) is 11.9 Å². The van der Waals surface area contributed by atoms with Crippen molar-refractivity contribution in [3.63, 3.8) is 0 Å². The molecular formula is C15H21BrN2O. The average Bonchev–Trinajstić information content (AvgIpc) is 3.21. The summed E-state index contributed by atoms with van der Waals surface area (Å²) in [5, 5.41) is 0. The average molecular weight is 325 g/mol. The number of nitrogens with zero attached hydrogens (tertiary/aromatic N) is 1. The van der Waals surface area contributed by atoms with Crippen LogP contribution in [0.1, 0.15) is 38.2 Å². The lowest BCUT2D eigenvalue weighted by Gasteiger charge is -2.26. The standard InChI is InChI=1S/C15H21BrN2O/c1-2-5-14(17)15(19)18(12-8-9-12)10-11-6-3-4-7-13(11)16/h3-4,6-7,12,14H,2,5,8-10,17H2,1H3. The van der Waals surface area contributed by atoms with Gasteiger partial charge in [-0.25, -0.2) is 0 Å². The van der Waals surface area contributed by atoms with Crippen LogP contribution in [0.5, 0.6) is 0 Å². The first-order valence-electron chi connectivity index (χ1n) is 6.93. The molecule has 0 aromatic heterocycles. The van der Waals surface area contributed by atoms with E-state index < -0.39 is 0 Å². The van der Waals surface area contributed by atoms with Gasteiger partial charge in [0.25, 0.3) is 0 Å². The van der Waals surface area contributed by atoms with Crippen molar-refractivity contribution in [2.45, 2.75) is 51.2 Å². The highest BCUT2D eigenvalue weighted by Gasteiger charge is 2.34. The highest BCUT2D eigenvalue weighted by Crippen LogP contribution is 2.30. The molecule has 1 aliphatic rings. The van der Waals surface area contributed by atoms with Gasteiger partial charge in [-0.1, -0.05) is 47.5 Å². The molecule has 1 atom stereocenters. The minimum absolute atomic E-state index is 0.0973. The Hall–Kier alpha value is -0.870. The van der Waals surface area contributed by atoms with Crippen molar-refractivity contribution in [3.8, 4) is 0 Å². The predicted octanol–water partition coefficient (Wildman–Crippen LogP) is 3.07. The fourth-order valence-electron chi connectivity index (χ4n) is 2.23. The van der Waals surface area contributed by atoms with Crippen LogP contribution in [0.3, 0.4) is 0 Å². The van der Waals surface area contributed by atoms with Gasteiger partial charge in [0, 0.05) is 17.1 Å². The summed E-state index contributed by atoms with van der Waals surface area (Å²) in [6, 6.07) is 8.09. The van der Waals surface area contributed by atoms with E-state index in [1.807, 2.05) is 23.1 Å². The molecule has 104 valence electrons. The van der Waals surface area contributed by atoms with Crippen molar-refractivity contribution < 1.29 is 4.79 Å². The third-order valence-corrected chi connectivity index (χ3v) is 4.26. The Morgan fingerprint density at radius 2 is 2.16 bits per heavy atom. The molecule has 0 radical (unpaired) electrons. The molecule has 0 heterocycles. The van der Waals surface area contributed by atoms with Crippen LogP contribution in [-0.2, 0) is 11.3 Å². The number of halogens is 1. The second-order valence-corrected chi connectivity index (χ2v) is 6.04. The number of rotatable bonds is 6. The van der Waals surface area contributed by atoms with Gasteiger partial charge in [0.2, 0.25) is 5.91 Å². The van der Waals surface area contributed by atoms with Gasteiger partial charge < -0.3 is 10.6 Å². The predicted molar refractivity (Wildman–Crippen MR) is 80.6 cm³/mol. The first kappa shape index (κ1) is 14.5. The minimum atomic E-state index is -0.354. The first-order chi connectivity index (χ1) is 9.13. The maximum Gasteiger partial charge on any atom is 0.240 e. The third-order valence-electron chi connectivity index (χ3n) is 3.49. The fraction of sp³-hybridized carbons (Fsp3) is 0.533. The van der Waals surface area contributed by atoms with Crippen molar-refractivity contribution in [1.82, 2.24) is 4.90 Å². The van der Waals surface area contributed by atoms with Crippen LogP contribution in [0.15, 0.2) is 28.7 Å². The zero-order chi connectivity index (χ0) is 13.8. The Labute approximate surface area is 123 Å². The van der Waals surface area contributed by atoms with Gasteiger partial charge in [-0.3, -0.25) is 4.79 Å². The zero-order valence-corrected chi connectivity index (χ0v) is 12.9. The summed E-state index contributed by atoms with van der Waals surface area (Å²) in [5.74, 6) is 0.0973. The van der Waals surface area contributed by atoms with E-state index in [2.05, 4.69) is 28.9 Å². The molecule has 2 rings (SSSR count). The Balaban J connectivity index is 2.08. The third kappa shape index (κ3) is 3.80. The van der Waals surface area contributed by atoms with Crippen molar-refractivity contribution in [1.29, 1.82) is 0 Å². The molecule has 4 heteroatoms. The molecule has 1 aromatic rings. The quantitative estimate of drug-likeness (QED) is 0.874. The molecule has 0 bridgehead atoms. The molecule has 0 saturated heterocycles. The molecule has 1 aromatic carbocycles. The summed E-state index contributed by atoms with van der Waals surface area (Å²) in [7, 11) is 0. The van der Waals surface area contributed by atoms with E-state index in [9.17, 15) is 4.79 Å². The van der Waals surface area contributed by atoms with Gasteiger partial charge in [-0.2, -0.15) is 0 Å². The normalized spacial score (nSPS) is 16.2. The van der Waals surface area contributed by atoms with E-state index >= 15 is 0 Å². The zero-order valence-electron chi connectivity index (χ0n) is 11.3. The van der Waals surface area contributed by atoms with Gasteiger partial charge in [-0.05, 0) is 30.9 Å². The van der Waals surface area contributed by atoms with Gasteiger partial charge in [0.1, 0.15) is 0 Å². The second-order valence-electron chi connectivity index (χ2n) is 5.18. The van der Waals surface area contributed by atoms with E-state index in [1.54, 1.807) is 0 Å². The molecule has 1 amide bonds. The Morgan fingerprint density at radius 3 is 2.74 bits per heavy atom. The van der Waals surface area contributed by atoms with Crippen LogP contribution < -0.4 is 5.73 Å². The Morgan fingerprint density at radius 1 is 1.47 bits per heavy atom. The number of carbonyl (C=O) groups is 1. The van der Waals surface area contributed by atoms with E-state index in [4.69, 9.17) is 5.73 Å². The maximum absolute atomic E-state index is 12.4. The summed E-state index contributed by atoms with van der Waals surface area (Å²) in [6.07, 6.45) is 3.92. The van der Waals surface area contributed by atoms with Crippen molar-refractivity contribution >= 4 is 21.8 Å². The lowest BCUT2D eigenvalue weighted by atomic mass is 10.1. The van der Waals surface area contributed by atoms with Gasteiger partial charge in [0.05, 0.1) is 6.04 Å². The SMILES string of the molecule is CCCC(N)C(=O)N(Cc1ccccc1Br)C1CC1. The number of amides is 1. The van der Waals surface area contributed by atoms with Crippen LogP contribution in [0.4, 0.5) is 0 Å². The second kappa shape index (κ2) is 6.53. The Kier molecular flexibility index (Phi) is 4.99. The Bertz CT molecular complexity index is 446. The van der Waals surface area contributed by atoms with Crippen LogP contribution in [0, 0.1) is 0 Å². The molecule has 1 fully saturated rings. The highest BCUT2D eigenvalue weighted by molar-refractivity contribution is 9.10. The smallest absolute Gasteiger partial charge is 0.240 e. The van der Waals surface area contributed by atoms with Crippen LogP contribution in [0.25, 0.3) is 0 Å². The first-order valence-corrected chi connectivity index (χ1v) is 7.72. The number of nitrogens with two attached hydrogens (primary N) is 1. The van der Waals surface area contributed by atoms with Crippen molar-refractivity contribution in [2.24, 2.45) is 5.73 Å². The van der Waals surface area contributed by atoms with Crippen LogP contribution >= 0.6 is 15.9 Å². The van der Waals surface area contributed by atoms with Crippen LogP contribution in [0.2, 0.25) is 0 Å². The minimum Gasteiger partial charge on any atom is -0.334 e. The number of hydrogen-bond acceptors (Lipinski definition) is 2. The number of benzene rings is 1. The van der Waals surface area contributed by atoms with E-state index in [0.717, 1.165) is 35.7 Å². The largest absolute Gasteiger partial charge is 0.334 e. The van der Waals surface area contributed by atoms with E-state index in [1.165, 1.54) is 0 Å². The molecule has 3 nitrogen and oxygen atoms in total. The molecule has 1 unspecified atom stereocenters. The van der Waals surface area contributed by atoms with Gasteiger partial charge in [-0.15, -0.1) is 0 Å². The molecule has 0 spiro atoms. The number of hydrogen-bond donors (Lipinski definition) is 1.